The number of carbonyl (C=O) groups excluding carboxylic acids is 1. The number of aromatic nitrogens is 1. The number of sulfonamides is 1. The van der Waals surface area contributed by atoms with Gasteiger partial charge in [0.15, 0.2) is 5.13 Å². The van der Waals surface area contributed by atoms with Crippen molar-refractivity contribution in [2.45, 2.75) is 33.6 Å². The third-order valence-corrected chi connectivity index (χ3v) is 7.76. The molecule has 0 aliphatic carbocycles. The van der Waals surface area contributed by atoms with Crippen LogP contribution in [0.5, 0.6) is 0 Å². The van der Waals surface area contributed by atoms with E-state index in [0.29, 0.717) is 31.1 Å². The predicted molar refractivity (Wildman–Crippen MR) is 109 cm³/mol. The zero-order valence-electron chi connectivity index (χ0n) is 15.9. The third kappa shape index (κ3) is 4.56. The summed E-state index contributed by atoms with van der Waals surface area (Å²) < 4.78 is 25.3. The molecule has 0 radical (unpaired) electrons. The average molecular weight is 408 g/mol. The Morgan fingerprint density at radius 1 is 1.26 bits per heavy atom. The number of thiazole rings is 1. The molecular formula is C19H25N3O3S2. The molecule has 3 rings (SSSR count). The van der Waals surface area contributed by atoms with Crippen LogP contribution in [-0.4, -0.2) is 42.5 Å². The first-order valence-electron chi connectivity index (χ1n) is 9.12. The number of benzene rings is 1. The fraction of sp³-hybridized carbons (Fsp3) is 0.474. The Bertz CT molecular complexity index is 929. The second-order valence-corrected chi connectivity index (χ2v) is 10.0. The van der Waals surface area contributed by atoms with Gasteiger partial charge in [-0.3, -0.25) is 4.79 Å². The lowest BCUT2D eigenvalue weighted by Crippen LogP contribution is -2.42. The number of hydrogen-bond donors (Lipinski definition) is 1. The molecule has 1 amide bonds. The highest BCUT2D eigenvalue weighted by atomic mass is 32.2. The molecule has 0 saturated carbocycles. The van der Waals surface area contributed by atoms with Gasteiger partial charge >= 0.3 is 0 Å². The summed E-state index contributed by atoms with van der Waals surface area (Å²) in [6, 6.07) is 6.20. The van der Waals surface area contributed by atoms with E-state index in [9.17, 15) is 13.2 Å². The molecule has 2 aromatic rings. The lowest BCUT2D eigenvalue weighted by molar-refractivity contribution is -0.120. The van der Waals surface area contributed by atoms with Crippen molar-refractivity contribution >= 4 is 32.4 Å². The van der Waals surface area contributed by atoms with Crippen molar-refractivity contribution in [1.82, 2.24) is 9.29 Å². The van der Waals surface area contributed by atoms with Gasteiger partial charge in [0.05, 0.1) is 11.4 Å². The van der Waals surface area contributed by atoms with Crippen molar-refractivity contribution < 1.29 is 13.2 Å². The van der Waals surface area contributed by atoms with E-state index < -0.39 is 10.0 Å². The molecule has 2 heterocycles. The molecule has 1 fully saturated rings. The van der Waals surface area contributed by atoms with Gasteiger partial charge in [0.2, 0.25) is 15.9 Å². The Kier molecular flexibility index (Phi) is 5.98. The van der Waals surface area contributed by atoms with Crippen molar-refractivity contribution in [2.75, 3.05) is 24.2 Å². The molecule has 0 unspecified atom stereocenters. The van der Waals surface area contributed by atoms with Crippen LogP contribution in [0.25, 0.3) is 11.3 Å². The maximum Gasteiger partial charge on any atom is 0.229 e. The van der Waals surface area contributed by atoms with Crippen molar-refractivity contribution in [3.8, 4) is 11.3 Å². The van der Waals surface area contributed by atoms with Crippen LogP contribution in [0, 0.1) is 19.8 Å². The Hall–Kier alpha value is -1.77. The number of aryl methyl sites for hydroxylation is 2. The zero-order valence-corrected chi connectivity index (χ0v) is 17.5. The molecule has 1 aromatic carbocycles. The molecule has 1 aromatic heterocycles. The maximum atomic E-state index is 12.5. The summed E-state index contributed by atoms with van der Waals surface area (Å²) in [5, 5.41) is 5.42. The maximum absolute atomic E-state index is 12.5. The summed E-state index contributed by atoms with van der Waals surface area (Å²) in [6.45, 7) is 6.59. The normalized spacial score (nSPS) is 16.4. The summed E-state index contributed by atoms with van der Waals surface area (Å²) in [5.74, 6) is -0.156. The first-order valence-corrected chi connectivity index (χ1v) is 11.6. The smallest absolute Gasteiger partial charge is 0.229 e. The van der Waals surface area contributed by atoms with E-state index in [1.54, 1.807) is 6.92 Å². The van der Waals surface area contributed by atoms with Crippen molar-refractivity contribution in [3.05, 3.63) is 34.7 Å². The van der Waals surface area contributed by atoms with Crippen molar-refractivity contribution in [1.29, 1.82) is 0 Å². The van der Waals surface area contributed by atoms with E-state index in [0.717, 1.165) is 11.3 Å². The first-order chi connectivity index (χ1) is 12.8. The number of rotatable bonds is 5. The largest absolute Gasteiger partial charge is 0.302 e. The number of nitrogens with one attached hydrogen (secondary N) is 1. The molecule has 1 aliphatic rings. The standard InChI is InChI=1S/C19H25N3O3S2/c1-4-27(24,25)22-9-7-15(8-10-22)18(23)21-19-20-17(12-26-19)16-6-5-13(2)14(3)11-16/h5-6,11-12,15H,4,7-10H2,1-3H3,(H,20,21,23). The summed E-state index contributed by atoms with van der Waals surface area (Å²) in [5.41, 5.74) is 4.33. The van der Waals surface area contributed by atoms with Crippen molar-refractivity contribution in [2.24, 2.45) is 5.92 Å². The summed E-state index contributed by atoms with van der Waals surface area (Å²) >= 11 is 1.41. The molecule has 0 atom stereocenters. The monoisotopic (exact) mass is 407 g/mol. The molecule has 1 N–H and O–H groups in total. The van der Waals surface area contributed by atoms with Gasteiger partial charge < -0.3 is 5.32 Å². The van der Waals surface area contributed by atoms with Gasteiger partial charge in [0.1, 0.15) is 0 Å². The van der Waals surface area contributed by atoms with Gasteiger partial charge in [-0.25, -0.2) is 17.7 Å². The lowest BCUT2D eigenvalue weighted by Gasteiger charge is -2.30. The summed E-state index contributed by atoms with van der Waals surface area (Å²) in [6.07, 6.45) is 1.08. The highest BCUT2D eigenvalue weighted by molar-refractivity contribution is 7.89. The molecular weight excluding hydrogens is 382 g/mol. The van der Waals surface area contributed by atoms with E-state index in [1.807, 2.05) is 11.4 Å². The van der Waals surface area contributed by atoms with Gasteiger partial charge in [-0.1, -0.05) is 12.1 Å². The number of amides is 1. The Labute approximate surface area is 164 Å². The van der Waals surface area contributed by atoms with Crippen LogP contribution in [0.3, 0.4) is 0 Å². The van der Waals surface area contributed by atoms with Crippen LogP contribution in [0.2, 0.25) is 0 Å². The van der Waals surface area contributed by atoms with Gasteiger partial charge in [0, 0.05) is 30.0 Å². The minimum absolute atomic E-state index is 0.0791. The topological polar surface area (TPSA) is 79.4 Å². The summed E-state index contributed by atoms with van der Waals surface area (Å²) in [4.78, 5) is 17.1. The van der Waals surface area contributed by atoms with E-state index in [2.05, 4.69) is 36.3 Å². The first kappa shape index (κ1) is 20.0. The second kappa shape index (κ2) is 8.08. The SMILES string of the molecule is CCS(=O)(=O)N1CCC(C(=O)Nc2nc(-c3ccc(C)c(C)c3)cs2)CC1. The van der Waals surface area contributed by atoms with E-state index in [-0.39, 0.29) is 17.6 Å². The molecule has 8 heteroatoms. The number of carbonyl (C=O) groups is 1. The van der Waals surface area contributed by atoms with Crippen LogP contribution < -0.4 is 5.32 Å². The van der Waals surface area contributed by atoms with Gasteiger partial charge in [-0.2, -0.15) is 0 Å². The number of piperidine rings is 1. The fourth-order valence-corrected chi connectivity index (χ4v) is 5.01. The minimum Gasteiger partial charge on any atom is -0.302 e. The van der Waals surface area contributed by atoms with Crippen LogP contribution >= 0.6 is 11.3 Å². The number of nitrogens with zero attached hydrogens (tertiary/aromatic N) is 2. The van der Waals surface area contributed by atoms with E-state index >= 15 is 0 Å². The fourth-order valence-electron chi connectivity index (χ4n) is 3.15. The summed E-state index contributed by atoms with van der Waals surface area (Å²) in [7, 11) is -3.17. The Morgan fingerprint density at radius 3 is 2.59 bits per heavy atom. The predicted octanol–water partition coefficient (Wildman–Crippen LogP) is 3.43. The van der Waals surface area contributed by atoms with E-state index in [1.165, 1.54) is 26.8 Å². The molecule has 1 aliphatic heterocycles. The molecule has 0 bridgehead atoms. The van der Waals surface area contributed by atoms with Crippen molar-refractivity contribution in [3.63, 3.8) is 0 Å². The molecule has 0 spiro atoms. The van der Waals surface area contributed by atoms with Crippen LogP contribution in [0.4, 0.5) is 5.13 Å². The Balaban J connectivity index is 1.61. The van der Waals surface area contributed by atoms with E-state index in [4.69, 9.17) is 0 Å². The van der Waals surface area contributed by atoms with Crippen LogP contribution in [0.15, 0.2) is 23.6 Å². The number of anilines is 1. The highest BCUT2D eigenvalue weighted by Gasteiger charge is 2.30. The third-order valence-electron chi connectivity index (χ3n) is 5.12. The molecule has 6 nitrogen and oxygen atoms in total. The van der Waals surface area contributed by atoms with Gasteiger partial charge in [0.25, 0.3) is 0 Å². The second-order valence-electron chi connectivity index (χ2n) is 6.90. The zero-order chi connectivity index (χ0) is 19.6. The molecule has 27 heavy (non-hydrogen) atoms. The lowest BCUT2D eigenvalue weighted by atomic mass is 9.97. The van der Waals surface area contributed by atoms with Gasteiger partial charge in [-0.05, 0) is 50.8 Å². The highest BCUT2D eigenvalue weighted by Crippen LogP contribution is 2.28. The van der Waals surface area contributed by atoms with Gasteiger partial charge in [-0.15, -0.1) is 11.3 Å². The molecule has 146 valence electrons. The minimum atomic E-state index is -3.17. The Morgan fingerprint density at radius 2 is 1.96 bits per heavy atom. The average Bonchev–Trinajstić information content (AvgIpc) is 3.12. The van der Waals surface area contributed by atoms with Crippen LogP contribution in [0.1, 0.15) is 30.9 Å². The number of hydrogen-bond acceptors (Lipinski definition) is 5. The molecule has 1 saturated heterocycles. The van der Waals surface area contributed by atoms with Crippen LogP contribution in [-0.2, 0) is 14.8 Å². The quantitative estimate of drug-likeness (QED) is 0.824.